The number of likely N-dealkylation sites (tertiary alicyclic amines) is 1. The van der Waals surface area contributed by atoms with Crippen LogP contribution in [0.2, 0.25) is 0 Å². The van der Waals surface area contributed by atoms with Gasteiger partial charge in [0.05, 0.1) is 16.9 Å². The summed E-state index contributed by atoms with van der Waals surface area (Å²) in [5.41, 5.74) is 3.05. The Labute approximate surface area is 236 Å². The zero-order chi connectivity index (χ0) is 27.7. The van der Waals surface area contributed by atoms with Gasteiger partial charge in [0.15, 0.2) is 0 Å². The summed E-state index contributed by atoms with van der Waals surface area (Å²) in [6.45, 7) is 4.20. The number of aromatic nitrogens is 1. The van der Waals surface area contributed by atoms with Crippen molar-refractivity contribution in [2.45, 2.75) is 38.5 Å². The molecule has 1 aromatic carbocycles. The van der Waals surface area contributed by atoms with Crippen molar-refractivity contribution in [3.8, 4) is 0 Å². The van der Waals surface area contributed by atoms with Gasteiger partial charge in [-0.3, -0.25) is 14.6 Å². The third-order valence-electron chi connectivity index (χ3n) is 7.68. The van der Waals surface area contributed by atoms with Crippen molar-refractivity contribution in [2.24, 2.45) is 5.92 Å². The highest BCUT2D eigenvalue weighted by atomic mass is 19.1. The maximum atomic E-state index is 13.9. The summed E-state index contributed by atoms with van der Waals surface area (Å²) < 4.78 is 13.6. The van der Waals surface area contributed by atoms with E-state index in [-0.39, 0.29) is 23.6 Å². The monoisotopic (exact) mass is 540 g/mol. The molecule has 1 aromatic heterocycles. The second-order valence-corrected chi connectivity index (χ2v) is 10.7. The van der Waals surface area contributed by atoms with Gasteiger partial charge in [0.1, 0.15) is 5.83 Å². The lowest BCUT2D eigenvalue weighted by atomic mass is 9.99. The number of hydrogen-bond donors (Lipinski definition) is 1. The Morgan fingerprint density at radius 1 is 1.07 bits per heavy atom. The number of carbonyl (C=O) groups is 2. The molecule has 2 aromatic rings. The molecule has 7 heteroatoms. The maximum absolute atomic E-state index is 13.9. The number of pyridine rings is 1. The lowest BCUT2D eigenvalue weighted by Crippen LogP contribution is -2.36. The highest BCUT2D eigenvalue weighted by molar-refractivity contribution is 6.13. The molecule has 0 saturated carbocycles. The Morgan fingerprint density at radius 2 is 1.88 bits per heavy atom. The van der Waals surface area contributed by atoms with Crippen molar-refractivity contribution in [3.63, 3.8) is 0 Å². The summed E-state index contributed by atoms with van der Waals surface area (Å²) in [6, 6.07) is 11.4. The van der Waals surface area contributed by atoms with Crippen LogP contribution in [0.1, 0.15) is 60.1 Å². The highest BCUT2D eigenvalue weighted by Crippen LogP contribution is 2.30. The number of benzene rings is 1. The molecule has 2 aliphatic heterocycles. The van der Waals surface area contributed by atoms with Gasteiger partial charge in [-0.05, 0) is 93.2 Å². The van der Waals surface area contributed by atoms with Gasteiger partial charge in [-0.15, -0.1) is 0 Å². The molecule has 5 rings (SSSR count). The molecular weight excluding hydrogens is 503 g/mol. The molecule has 3 heterocycles. The van der Waals surface area contributed by atoms with Gasteiger partial charge in [-0.25, -0.2) is 4.39 Å². The third-order valence-corrected chi connectivity index (χ3v) is 7.68. The number of carbonyl (C=O) groups excluding carboxylic acids is 2. The first-order chi connectivity index (χ1) is 19.6. The van der Waals surface area contributed by atoms with Crippen LogP contribution in [0.4, 0.5) is 10.1 Å². The second-order valence-electron chi connectivity index (χ2n) is 10.7. The van der Waals surface area contributed by atoms with Crippen LogP contribution >= 0.6 is 0 Å². The van der Waals surface area contributed by atoms with E-state index >= 15 is 0 Å². The fourth-order valence-electron chi connectivity index (χ4n) is 5.43. The van der Waals surface area contributed by atoms with E-state index < -0.39 is 0 Å². The standard InChI is InChI=1S/C33H37FN4O2/c34-29-14-11-26(12-15-29)24-38-31-22-28(32(39)35-17-8-20-37-18-6-1-2-7-19-37)23-36-30(31)16-13-27(33(38)40)21-25-9-4-3-5-10-25/h3-5,9-11,13-16,21-23,26H,1-2,6-8,12,17-20,24H2,(H,35,39)/b27-21+. The van der Waals surface area contributed by atoms with E-state index in [2.05, 4.69) is 15.2 Å². The molecule has 1 aliphatic carbocycles. The molecule has 6 nitrogen and oxygen atoms in total. The minimum atomic E-state index is -0.262. The lowest BCUT2D eigenvalue weighted by Gasteiger charge is -2.27. The molecule has 1 atom stereocenters. The molecular formula is C33H37FN4O2. The third kappa shape index (κ3) is 7.21. The van der Waals surface area contributed by atoms with Crippen LogP contribution in [-0.4, -0.2) is 54.4 Å². The number of rotatable bonds is 8. The number of anilines is 1. The fourth-order valence-corrected chi connectivity index (χ4v) is 5.43. The first kappa shape index (κ1) is 27.7. The van der Waals surface area contributed by atoms with E-state index in [0.717, 1.165) is 31.6 Å². The number of amides is 2. The molecule has 1 saturated heterocycles. The number of fused-ring (bicyclic) bond motifs is 1. The van der Waals surface area contributed by atoms with Crippen molar-refractivity contribution in [2.75, 3.05) is 37.6 Å². The van der Waals surface area contributed by atoms with Crippen LogP contribution < -0.4 is 10.2 Å². The van der Waals surface area contributed by atoms with E-state index in [4.69, 9.17) is 0 Å². The normalized spacial score (nSPS) is 20.6. The van der Waals surface area contributed by atoms with Crippen LogP contribution in [0.5, 0.6) is 0 Å². The second kappa shape index (κ2) is 13.5. The molecule has 3 aliphatic rings. The molecule has 2 amide bonds. The number of allylic oxidation sites excluding steroid dienone is 3. The molecule has 40 heavy (non-hydrogen) atoms. The molecule has 1 N–H and O–H groups in total. The molecule has 1 unspecified atom stereocenters. The largest absolute Gasteiger partial charge is 0.352 e. The molecule has 208 valence electrons. The minimum Gasteiger partial charge on any atom is -0.352 e. The van der Waals surface area contributed by atoms with Crippen LogP contribution in [-0.2, 0) is 4.79 Å². The van der Waals surface area contributed by atoms with Gasteiger partial charge in [-0.1, -0.05) is 49.2 Å². The zero-order valence-electron chi connectivity index (χ0n) is 22.9. The van der Waals surface area contributed by atoms with Crippen LogP contribution in [0, 0.1) is 5.92 Å². The van der Waals surface area contributed by atoms with Gasteiger partial charge in [0.2, 0.25) is 0 Å². The van der Waals surface area contributed by atoms with Crippen LogP contribution in [0.3, 0.4) is 0 Å². The first-order valence-electron chi connectivity index (χ1n) is 14.4. The van der Waals surface area contributed by atoms with Gasteiger partial charge >= 0.3 is 0 Å². The van der Waals surface area contributed by atoms with E-state index in [0.29, 0.717) is 42.0 Å². The zero-order valence-corrected chi connectivity index (χ0v) is 22.9. The van der Waals surface area contributed by atoms with E-state index in [1.54, 1.807) is 35.4 Å². The summed E-state index contributed by atoms with van der Waals surface area (Å²) in [7, 11) is 0. The van der Waals surface area contributed by atoms with Gasteiger partial charge in [0, 0.05) is 24.9 Å². The highest BCUT2D eigenvalue weighted by Gasteiger charge is 2.27. The first-order valence-corrected chi connectivity index (χ1v) is 14.4. The Hall–Kier alpha value is -3.84. The van der Waals surface area contributed by atoms with Crippen molar-refractivity contribution >= 4 is 29.7 Å². The summed E-state index contributed by atoms with van der Waals surface area (Å²) in [5, 5.41) is 3.03. The van der Waals surface area contributed by atoms with E-state index in [1.165, 1.54) is 31.8 Å². The van der Waals surface area contributed by atoms with Gasteiger partial charge in [0.25, 0.3) is 11.8 Å². The van der Waals surface area contributed by atoms with Crippen molar-refractivity contribution in [1.29, 1.82) is 0 Å². The minimum absolute atomic E-state index is 0.0520. The SMILES string of the molecule is O=C(NCCCN1CCCCCC1)c1cnc2c(c1)N(CC1C=CC(F)=CC1)C(=O)/C(=C/c1ccccc1)C=C2. The summed E-state index contributed by atoms with van der Waals surface area (Å²) in [4.78, 5) is 35.7. The summed E-state index contributed by atoms with van der Waals surface area (Å²) in [5.74, 6) is -0.695. The van der Waals surface area contributed by atoms with E-state index in [1.807, 2.05) is 42.5 Å². The number of nitrogens with one attached hydrogen (secondary N) is 1. The topological polar surface area (TPSA) is 65.5 Å². The predicted molar refractivity (Wildman–Crippen MR) is 158 cm³/mol. The smallest absolute Gasteiger partial charge is 0.258 e. The number of nitrogens with zero attached hydrogens (tertiary/aromatic N) is 3. The van der Waals surface area contributed by atoms with Crippen molar-refractivity contribution in [1.82, 2.24) is 15.2 Å². The van der Waals surface area contributed by atoms with Crippen LogP contribution in [0.15, 0.2) is 78.3 Å². The van der Waals surface area contributed by atoms with E-state index in [9.17, 15) is 14.0 Å². The van der Waals surface area contributed by atoms with Crippen molar-refractivity contribution in [3.05, 3.63) is 95.1 Å². The Balaban J connectivity index is 1.33. The van der Waals surface area contributed by atoms with Crippen molar-refractivity contribution < 1.29 is 14.0 Å². The van der Waals surface area contributed by atoms with Gasteiger partial charge < -0.3 is 15.1 Å². The van der Waals surface area contributed by atoms with Gasteiger partial charge in [-0.2, -0.15) is 0 Å². The molecule has 0 radical (unpaired) electrons. The number of hydrogen-bond acceptors (Lipinski definition) is 4. The molecule has 0 bridgehead atoms. The lowest BCUT2D eigenvalue weighted by molar-refractivity contribution is -0.114. The predicted octanol–water partition coefficient (Wildman–Crippen LogP) is 5.95. The summed E-state index contributed by atoms with van der Waals surface area (Å²) >= 11 is 0. The Morgan fingerprint density at radius 3 is 2.62 bits per heavy atom. The average Bonchev–Trinajstić information content (AvgIpc) is 3.31. The Bertz CT molecular complexity index is 1320. The fraction of sp³-hybridized carbons (Fsp3) is 0.364. The number of halogens is 1. The summed E-state index contributed by atoms with van der Waals surface area (Å²) in [6.07, 6.45) is 18.3. The maximum Gasteiger partial charge on any atom is 0.258 e. The molecule has 0 spiro atoms. The average molecular weight is 541 g/mol. The molecule has 1 fully saturated rings. The van der Waals surface area contributed by atoms with Crippen LogP contribution in [0.25, 0.3) is 12.2 Å². The quantitative estimate of drug-likeness (QED) is 0.332. The Kier molecular flexibility index (Phi) is 9.34.